The van der Waals surface area contributed by atoms with Gasteiger partial charge in [0.2, 0.25) is 0 Å². The minimum Gasteiger partial charge on any atom is -0.481 e. The number of rotatable bonds is 4. The zero-order valence-electron chi connectivity index (χ0n) is 11.9. The van der Waals surface area contributed by atoms with Crippen LogP contribution >= 0.6 is 0 Å². The molecule has 1 fully saturated rings. The summed E-state index contributed by atoms with van der Waals surface area (Å²) in [7, 11) is 0. The molecule has 0 bridgehead atoms. The van der Waals surface area contributed by atoms with E-state index < -0.39 is 5.97 Å². The fourth-order valence-corrected chi connectivity index (χ4v) is 3.06. The van der Waals surface area contributed by atoms with Crippen LogP contribution in [0.3, 0.4) is 0 Å². The topological polar surface area (TPSA) is 69.6 Å². The molecule has 1 aliphatic carbocycles. The van der Waals surface area contributed by atoms with E-state index in [4.69, 9.17) is 5.11 Å². The highest BCUT2D eigenvalue weighted by Crippen LogP contribution is 2.21. The lowest BCUT2D eigenvalue weighted by Gasteiger charge is -2.35. The van der Waals surface area contributed by atoms with Crippen molar-refractivity contribution >= 4 is 12.0 Å². The second-order valence-corrected chi connectivity index (χ2v) is 5.78. The Labute approximate surface area is 120 Å². The summed E-state index contributed by atoms with van der Waals surface area (Å²) in [6.45, 7) is 1.37. The molecule has 1 aliphatic heterocycles. The first-order chi connectivity index (χ1) is 9.66. The van der Waals surface area contributed by atoms with Crippen molar-refractivity contribution in [3.63, 3.8) is 0 Å². The maximum Gasteiger partial charge on any atom is 0.317 e. The second-order valence-electron chi connectivity index (χ2n) is 5.78. The van der Waals surface area contributed by atoms with Crippen LogP contribution in [0.4, 0.5) is 4.79 Å². The van der Waals surface area contributed by atoms with Gasteiger partial charge in [-0.2, -0.15) is 0 Å². The third-order valence-corrected chi connectivity index (χ3v) is 4.22. The minimum atomic E-state index is -0.827. The number of carboxylic acid groups (broad SMARTS) is 1. The van der Waals surface area contributed by atoms with Gasteiger partial charge in [-0.25, -0.2) is 4.79 Å². The summed E-state index contributed by atoms with van der Waals surface area (Å²) in [6.07, 6.45) is 10.4. The Kier molecular flexibility index (Phi) is 5.44. The lowest BCUT2D eigenvalue weighted by Crippen LogP contribution is -2.50. The highest BCUT2D eigenvalue weighted by Gasteiger charge is 2.28. The van der Waals surface area contributed by atoms with E-state index in [9.17, 15) is 9.59 Å². The number of carbonyl (C=O) groups is 2. The van der Waals surface area contributed by atoms with E-state index in [-0.39, 0.29) is 18.5 Å². The molecule has 2 rings (SSSR count). The van der Waals surface area contributed by atoms with E-state index in [0.717, 1.165) is 38.5 Å². The number of nitrogens with zero attached hydrogens (tertiary/aromatic N) is 1. The molecular formula is C15H24N2O3. The predicted octanol–water partition coefficient (Wildman–Crippen LogP) is 2.38. The molecule has 1 heterocycles. The zero-order chi connectivity index (χ0) is 14.4. The first-order valence-electron chi connectivity index (χ1n) is 7.58. The van der Waals surface area contributed by atoms with Crippen molar-refractivity contribution in [2.45, 2.75) is 51.0 Å². The van der Waals surface area contributed by atoms with Crippen LogP contribution < -0.4 is 5.32 Å². The fourth-order valence-electron chi connectivity index (χ4n) is 3.06. The number of carbonyl (C=O) groups excluding carboxylic acids is 1. The molecule has 2 amide bonds. The Balaban J connectivity index is 1.82. The molecule has 0 aromatic heterocycles. The maximum atomic E-state index is 12.2. The van der Waals surface area contributed by atoms with Crippen molar-refractivity contribution in [1.82, 2.24) is 10.2 Å². The Morgan fingerprint density at radius 1 is 1.25 bits per heavy atom. The van der Waals surface area contributed by atoms with Crippen LogP contribution in [0.15, 0.2) is 12.2 Å². The summed E-state index contributed by atoms with van der Waals surface area (Å²) in [5.41, 5.74) is 0. The summed E-state index contributed by atoms with van der Waals surface area (Å²) in [5.74, 6) is -0.307. The fraction of sp³-hybridized carbons (Fsp3) is 0.733. The van der Waals surface area contributed by atoms with Crippen LogP contribution in [0.1, 0.15) is 44.9 Å². The first kappa shape index (κ1) is 14.9. The van der Waals surface area contributed by atoms with E-state index in [1.54, 1.807) is 4.90 Å². The number of piperidine rings is 1. The molecule has 0 aromatic rings. The van der Waals surface area contributed by atoms with Crippen molar-refractivity contribution in [2.24, 2.45) is 5.92 Å². The van der Waals surface area contributed by atoms with Crippen molar-refractivity contribution in [3.05, 3.63) is 12.2 Å². The molecule has 112 valence electrons. The van der Waals surface area contributed by atoms with Crippen molar-refractivity contribution < 1.29 is 14.7 Å². The molecule has 2 atom stereocenters. The van der Waals surface area contributed by atoms with Crippen molar-refractivity contribution in [2.75, 3.05) is 13.1 Å². The van der Waals surface area contributed by atoms with Gasteiger partial charge in [0.15, 0.2) is 0 Å². The Morgan fingerprint density at radius 3 is 2.80 bits per heavy atom. The molecule has 2 unspecified atom stereocenters. The summed E-state index contributed by atoms with van der Waals surface area (Å²) < 4.78 is 0. The smallest absolute Gasteiger partial charge is 0.317 e. The van der Waals surface area contributed by atoms with Gasteiger partial charge in [-0.1, -0.05) is 12.2 Å². The summed E-state index contributed by atoms with van der Waals surface area (Å²) >= 11 is 0. The molecule has 0 aromatic carbocycles. The Bertz CT molecular complexity index is 381. The Hall–Kier alpha value is -1.52. The molecule has 0 spiro atoms. The molecular weight excluding hydrogens is 256 g/mol. The average Bonchev–Trinajstić information content (AvgIpc) is 2.46. The third-order valence-electron chi connectivity index (χ3n) is 4.22. The van der Waals surface area contributed by atoms with Gasteiger partial charge in [0.1, 0.15) is 0 Å². The molecule has 2 aliphatic rings. The van der Waals surface area contributed by atoms with Gasteiger partial charge in [-0.3, -0.25) is 4.79 Å². The maximum absolute atomic E-state index is 12.2. The monoisotopic (exact) mass is 280 g/mol. The van der Waals surface area contributed by atoms with Crippen molar-refractivity contribution in [1.29, 1.82) is 0 Å². The average molecular weight is 280 g/mol. The first-order valence-corrected chi connectivity index (χ1v) is 7.58. The summed E-state index contributed by atoms with van der Waals surface area (Å²) in [4.78, 5) is 24.8. The molecule has 1 saturated heterocycles. The van der Waals surface area contributed by atoms with E-state index in [0.29, 0.717) is 19.0 Å². The number of allylic oxidation sites excluding steroid dienone is 2. The van der Waals surface area contributed by atoms with Crippen LogP contribution in [0, 0.1) is 5.92 Å². The van der Waals surface area contributed by atoms with E-state index >= 15 is 0 Å². The summed E-state index contributed by atoms with van der Waals surface area (Å²) in [6, 6.07) is -0.238. The van der Waals surface area contributed by atoms with Gasteiger partial charge in [-0.05, 0) is 44.4 Å². The molecule has 5 nitrogen and oxygen atoms in total. The zero-order valence-corrected chi connectivity index (χ0v) is 11.9. The third kappa shape index (κ3) is 4.25. The molecule has 5 heteroatoms. The van der Waals surface area contributed by atoms with Gasteiger partial charge < -0.3 is 15.3 Å². The quantitative estimate of drug-likeness (QED) is 0.777. The van der Waals surface area contributed by atoms with Crippen LogP contribution in [0.2, 0.25) is 0 Å². The number of likely N-dealkylation sites (tertiary alicyclic amines) is 1. The molecule has 0 radical (unpaired) electrons. The number of hydrogen-bond donors (Lipinski definition) is 2. The van der Waals surface area contributed by atoms with Gasteiger partial charge in [0, 0.05) is 19.1 Å². The van der Waals surface area contributed by atoms with Crippen LogP contribution in [0.25, 0.3) is 0 Å². The molecule has 2 N–H and O–H groups in total. The van der Waals surface area contributed by atoms with Crippen LogP contribution in [-0.2, 0) is 4.79 Å². The highest BCUT2D eigenvalue weighted by atomic mass is 16.4. The lowest BCUT2D eigenvalue weighted by molar-refractivity contribution is -0.138. The van der Waals surface area contributed by atoms with Gasteiger partial charge in [0.25, 0.3) is 0 Å². The van der Waals surface area contributed by atoms with Crippen LogP contribution in [-0.4, -0.2) is 41.1 Å². The van der Waals surface area contributed by atoms with Crippen LogP contribution in [0.5, 0.6) is 0 Å². The standard InChI is InChI=1S/C15H24N2O3/c18-14(19)10-13-8-4-5-9-17(13)15(20)16-11-12-6-2-1-3-7-12/h1-2,12-13H,3-11H2,(H,16,20)(H,18,19). The summed E-state index contributed by atoms with van der Waals surface area (Å²) in [5, 5.41) is 11.9. The Morgan fingerprint density at radius 2 is 2.10 bits per heavy atom. The van der Waals surface area contributed by atoms with E-state index in [1.807, 2.05) is 0 Å². The number of amides is 2. The van der Waals surface area contributed by atoms with Gasteiger partial charge in [-0.15, -0.1) is 0 Å². The van der Waals surface area contributed by atoms with Gasteiger partial charge >= 0.3 is 12.0 Å². The predicted molar refractivity (Wildman–Crippen MR) is 76.5 cm³/mol. The van der Waals surface area contributed by atoms with Crippen molar-refractivity contribution in [3.8, 4) is 0 Å². The highest BCUT2D eigenvalue weighted by molar-refractivity contribution is 5.76. The number of urea groups is 1. The van der Waals surface area contributed by atoms with E-state index in [2.05, 4.69) is 17.5 Å². The largest absolute Gasteiger partial charge is 0.481 e. The number of aliphatic carboxylic acids is 1. The molecule has 0 saturated carbocycles. The number of hydrogen-bond acceptors (Lipinski definition) is 2. The van der Waals surface area contributed by atoms with E-state index in [1.165, 1.54) is 0 Å². The SMILES string of the molecule is O=C(O)CC1CCCCN1C(=O)NCC1CC=CCC1. The number of nitrogens with one attached hydrogen (secondary N) is 1. The second kappa shape index (κ2) is 7.31. The minimum absolute atomic E-state index is 0.0551. The number of carboxylic acids is 1. The molecule has 20 heavy (non-hydrogen) atoms. The normalized spacial score (nSPS) is 26.3. The van der Waals surface area contributed by atoms with Gasteiger partial charge in [0.05, 0.1) is 6.42 Å². The lowest BCUT2D eigenvalue weighted by atomic mass is 9.94.